The van der Waals surface area contributed by atoms with Gasteiger partial charge in [-0.25, -0.2) is 8.42 Å². The van der Waals surface area contributed by atoms with Gasteiger partial charge in [0.05, 0.1) is 6.20 Å². The van der Waals surface area contributed by atoms with E-state index in [1.807, 2.05) is 11.8 Å². The fourth-order valence-corrected chi connectivity index (χ4v) is 4.97. The zero-order valence-electron chi connectivity index (χ0n) is 12.1. The highest BCUT2D eigenvalue weighted by Gasteiger charge is 2.32. The van der Waals surface area contributed by atoms with Crippen LogP contribution in [0.2, 0.25) is 0 Å². The van der Waals surface area contributed by atoms with Crippen molar-refractivity contribution < 1.29 is 8.42 Å². The molecule has 1 aliphatic heterocycles. The molecule has 0 atom stereocenters. The molecule has 1 aliphatic rings. The van der Waals surface area contributed by atoms with Crippen LogP contribution in [0, 0.1) is 0 Å². The Hall–Kier alpha value is -0.570. The average molecular weight is 318 g/mol. The molecule has 1 aromatic heterocycles. The predicted molar refractivity (Wildman–Crippen MR) is 81.3 cm³/mol. The molecule has 0 saturated carbocycles. The molecule has 0 radical (unpaired) electrons. The van der Waals surface area contributed by atoms with Crippen molar-refractivity contribution in [3.8, 4) is 0 Å². The molecule has 0 spiro atoms. The molecule has 0 amide bonds. The van der Waals surface area contributed by atoms with Crippen LogP contribution in [0.1, 0.15) is 25.8 Å². The first-order chi connectivity index (χ1) is 9.37. The van der Waals surface area contributed by atoms with Gasteiger partial charge in [0.25, 0.3) is 10.0 Å². The van der Waals surface area contributed by atoms with E-state index < -0.39 is 10.0 Å². The Labute approximate surface area is 124 Å². The van der Waals surface area contributed by atoms with E-state index in [0.29, 0.717) is 25.2 Å². The molecule has 8 heteroatoms. The second-order valence-corrected chi connectivity index (χ2v) is 9.19. The summed E-state index contributed by atoms with van der Waals surface area (Å²) in [4.78, 5) is 0. The Morgan fingerprint density at radius 3 is 2.95 bits per heavy atom. The molecule has 2 N–H and O–H groups in total. The van der Waals surface area contributed by atoms with Crippen molar-refractivity contribution >= 4 is 21.8 Å². The highest BCUT2D eigenvalue weighted by Crippen LogP contribution is 2.32. The van der Waals surface area contributed by atoms with Gasteiger partial charge >= 0.3 is 0 Å². The van der Waals surface area contributed by atoms with Gasteiger partial charge in [-0.2, -0.15) is 21.2 Å². The van der Waals surface area contributed by atoms with Gasteiger partial charge in [-0.15, -0.1) is 0 Å². The second kappa shape index (κ2) is 6.05. The summed E-state index contributed by atoms with van der Waals surface area (Å²) in [6.45, 7) is 5.92. The maximum absolute atomic E-state index is 12.7. The highest BCUT2D eigenvalue weighted by molar-refractivity contribution is 8.00. The molecule has 6 nitrogen and oxygen atoms in total. The molecule has 114 valence electrons. The normalized spacial score (nSPS) is 20.8. The van der Waals surface area contributed by atoms with Crippen LogP contribution in [-0.4, -0.2) is 53.6 Å². The number of hydrogen-bond donors (Lipinski definition) is 2. The molecule has 1 saturated heterocycles. The Morgan fingerprint density at radius 2 is 2.25 bits per heavy atom. The summed E-state index contributed by atoms with van der Waals surface area (Å²) in [7, 11) is -1.70. The van der Waals surface area contributed by atoms with E-state index in [4.69, 9.17) is 0 Å². The minimum absolute atomic E-state index is 0.131. The lowest BCUT2D eigenvalue weighted by Crippen LogP contribution is -2.34. The molecule has 0 aromatic carbocycles. The van der Waals surface area contributed by atoms with Crippen molar-refractivity contribution in [2.45, 2.75) is 36.6 Å². The number of hydrogen-bond acceptors (Lipinski definition) is 5. The SMILES string of the molecule is CNCc1cn[nH]c1S(=O)(=O)N1CCSC(C)(C)CC1. The van der Waals surface area contributed by atoms with Gasteiger partial charge in [0.15, 0.2) is 5.03 Å². The number of nitrogens with one attached hydrogen (secondary N) is 2. The first kappa shape index (κ1) is 15.8. The third-order valence-corrected chi connectivity index (χ3v) is 6.73. The summed E-state index contributed by atoms with van der Waals surface area (Å²) < 4.78 is 27.2. The largest absolute Gasteiger partial charge is 0.316 e. The summed E-state index contributed by atoms with van der Waals surface area (Å²) in [6.07, 6.45) is 2.42. The van der Waals surface area contributed by atoms with E-state index in [1.165, 1.54) is 0 Å². The Bertz CT molecular complexity index is 554. The van der Waals surface area contributed by atoms with Gasteiger partial charge in [0.1, 0.15) is 0 Å². The fourth-order valence-electron chi connectivity index (χ4n) is 2.21. The maximum atomic E-state index is 12.7. The fraction of sp³-hybridized carbons (Fsp3) is 0.750. The van der Waals surface area contributed by atoms with Crippen molar-refractivity contribution in [1.82, 2.24) is 19.8 Å². The van der Waals surface area contributed by atoms with Gasteiger partial charge in [-0.05, 0) is 13.5 Å². The standard InChI is InChI=1S/C12H22N4O2S2/c1-12(2)4-5-16(6-7-19-12)20(17,18)11-10(8-13-3)9-14-15-11/h9,13H,4-8H2,1-3H3,(H,14,15). The van der Waals surface area contributed by atoms with Crippen LogP contribution in [-0.2, 0) is 16.6 Å². The lowest BCUT2D eigenvalue weighted by atomic mass is 10.1. The van der Waals surface area contributed by atoms with Crippen molar-refractivity contribution in [2.75, 3.05) is 25.9 Å². The molecule has 0 aliphatic carbocycles. The summed E-state index contributed by atoms with van der Waals surface area (Å²) in [6, 6.07) is 0. The van der Waals surface area contributed by atoms with Crippen molar-refractivity contribution in [1.29, 1.82) is 0 Å². The van der Waals surface area contributed by atoms with E-state index in [1.54, 1.807) is 17.5 Å². The van der Waals surface area contributed by atoms with Gasteiger partial charge in [-0.3, -0.25) is 5.10 Å². The third-order valence-electron chi connectivity index (χ3n) is 3.44. The maximum Gasteiger partial charge on any atom is 0.260 e. The van der Waals surface area contributed by atoms with Crippen LogP contribution in [0.25, 0.3) is 0 Å². The van der Waals surface area contributed by atoms with Crippen LogP contribution >= 0.6 is 11.8 Å². The summed E-state index contributed by atoms with van der Waals surface area (Å²) >= 11 is 1.83. The highest BCUT2D eigenvalue weighted by atomic mass is 32.2. The number of thioether (sulfide) groups is 1. The molecule has 1 aromatic rings. The zero-order chi connectivity index (χ0) is 14.8. The topological polar surface area (TPSA) is 78.1 Å². The van der Waals surface area contributed by atoms with Gasteiger partial charge in [-0.1, -0.05) is 13.8 Å². The van der Waals surface area contributed by atoms with Crippen LogP contribution in [0.3, 0.4) is 0 Å². The van der Waals surface area contributed by atoms with E-state index in [2.05, 4.69) is 29.4 Å². The van der Waals surface area contributed by atoms with E-state index in [-0.39, 0.29) is 9.77 Å². The average Bonchev–Trinajstić information content (AvgIpc) is 2.74. The second-order valence-electron chi connectivity index (χ2n) is 5.52. The summed E-state index contributed by atoms with van der Waals surface area (Å²) in [5.74, 6) is 0.821. The van der Waals surface area contributed by atoms with Crippen LogP contribution in [0.15, 0.2) is 11.2 Å². The van der Waals surface area contributed by atoms with Gasteiger partial charge < -0.3 is 5.32 Å². The van der Waals surface area contributed by atoms with E-state index >= 15 is 0 Å². The predicted octanol–water partition coefficient (Wildman–Crippen LogP) is 1.04. The molecule has 1 fully saturated rings. The molecule has 20 heavy (non-hydrogen) atoms. The van der Waals surface area contributed by atoms with Crippen molar-refractivity contribution in [2.24, 2.45) is 0 Å². The van der Waals surface area contributed by atoms with Crippen molar-refractivity contribution in [3.63, 3.8) is 0 Å². The van der Waals surface area contributed by atoms with Crippen LogP contribution in [0.4, 0.5) is 0 Å². The molecule has 0 unspecified atom stereocenters. The monoisotopic (exact) mass is 318 g/mol. The summed E-state index contributed by atoms with van der Waals surface area (Å²) in [5, 5.41) is 9.70. The molecule has 2 heterocycles. The number of sulfonamides is 1. The van der Waals surface area contributed by atoms with Crippen molar-refractivity contribution in [3.05, 3.63) is 11.8 Å². The lowest BCUT2D eigenvalue weighted by Gasteiger charge is -2.22. The van der Waals surface area contributed by atoms with E-state index in [9.17, 15) is 8.42 Å². The first-order valence-electron chi connectivity index (χ1n) is 6.68. The van der Waals surface area contributed by atoms with Crippen LogP contribution in [0.5, 0.6) is 0 Å². The smallest absolute Gasteiger partial charge is 0.260 e. The molecule has 2 rings (SSSR count). The van der Waals surface area contributed by atoms with Gasteiger partial charge in [0.2, 0.25) is 0 Å². The Balaban J connectivity index is 2.23. The van der Waals surface area contributed by atoms with Crippen LogP contribution < -0.4 is 5.32 Å². The Kier molecular flexibility index (Phi) is 4.78. The zero-order valence-corrected chi connectivity index (χ0v) is 13.8. The van der Waals surface area contributed by atoms with E-state index in [0.717, 1.165) is 12.2 Å². The Morgan fingerprint density at radius 1 is 1.50 bits per heavy atom. The third kappa shape index (κ3) is 3.36. The quantitative estimate of drug-likeness (QED) is 0.867. The minimum Gasteiger partial charge on any atom is -0.316 e. The molecular formula is C12H22N4O2S2. The number of H-pyrrole nitrogens is 1. The number of aromatic nitrogens is 2. The first-order valence-corrected chi connectivity index (χ1v) is 9.10. The van der Waals surface area contributed by atoms with Gasteiger partial charge in [0, 0.05) is 35.7 Å². The molecule has 0 bridgehead atoms. The lowest BCUT2D eigenvalue weighted by molar-refractivity contribution is 0.412. The minimum atomic E-state index is -3.48. The number of rotatable bonds is 4. The summed E-state index contributed by atoms with van der Waals surface area (Å²) in [5.41, 5.74) is 0.684. The molecular weight excluding hydrogens is 296 g/mol. The number of nitrogens with zero attached hydrogens (tertiary/aromatic N) is 2. The number of aromatic amines is 1.